The summed E-state index contributed by atoms with van der Waals surface area (Å²) in [4.78, 5) is 0. The Balaban J connectivity index is 2.24. The molecule has 0 radical (unpaired) electrons. The van der Waals surface area contributed by atoms with Gasteiger partial charge < -0.3 is 5.32 Å². The van der Waals surface area contributed by atoms with Gasteiger partial charge in [0.25, 0.3) is 0 Å². The highest BCUT2D eigenvalue weighted by molar-refractivity contribution is 4.96. The Morgan fingerprint density at radius 3 is 2.92 bits per heavy atom. The van der Waals surface area contributed by atoms with Gasteiger partial charge in [0.2, 0.25) is 0 Å². The summed E-state index contributed by atoms with van der Waals surface area (Å²) in [7, 11) is 0. The Hall–Kier alpha value is -0.830. The molecule has 0 aliphatic rings. The van der Waals surface area contributed by atoms with E-state index in [1.54, 1.807) is 0 Å². The molecule has 1 heterocycles. The van der Waals surface area contributed by atoms with Gasteiger partial charge in [0.05, 0.1) is 6.54 Å². The Bertz CT molecular complexity index is 242. The summed E-state index contributed by atoms with van der Waals surface area (Å²) in [5.41, 5.74) is 1.23. The SMILES string of the molecule is CCC(C)NCCn1nccc1C. The molecule has 1 N–H and O–H groups in total. The third-order valence-corrected chi connectivity index (χ3v) is 2.36. The molecule has 0 fully saturated rings. The smallest absolute Gasteiger partial charge is 0.0537 e. The molecule has 3 heteroatoms. The predicted octanol–water partition coefficient (Wildman–Crippen LogP) is 1.58. The second-order valence-corrected chi connectivity index (χ2v) is 3.46. The predicted molar refractivity (Wildman–Crippen MR) is 54.7 cm³/mol. The van der Waals surface area contributed by atoms with E-state index in [-0.39, 0.29) is 0 Å². The first-order valence-electron chi connectivity index (χ1n) is 4.95. The monoisotopic (exact) mass is 181 g/mol. The molecule has 0 aliphatic carbocycles. The fourth-order valence-corrected chi connectivity index (χ4v) is 1.19. The molecule has 3 nitrogen and oxygen atoms in total. The van der Waals surface area contributed by atoms with Gasteiger partial charge in [0, 0.05) is 24.5 Å². The van der Waals surface area contributed by atoms with Crippen molar-refractivity contribution in [1.29, 1.82) is 0 Å². The summed E-state index contributed by atoms with van der Waals surface area (Å²) in [5.74, 6) is 0. The summed E-state index contributed by atoms with van der Waals surface area (Å²) in [6.45, 7) is 8.43. The van der Waals surface area contributed by atoms with Gasteiger partial charge in [-0.3, -0.25) is 4.68 Å². The molecule has 13 heavy (non-hydrogen) atoms. The lowest BCUT2D eigenvalue weighted by Gasteiger charge is -2.11. The van der Waals surface area contributed by atoms with Gasteiger partial charge in [0.1, 0.15) is 0 Å². The normalized spacial score (nSPS) is 13.2. The second kappa shape index (κ2) is 5.02. The number of aromatic nitrogens is 2. The molecule has 0 bridgehead atoms. The van der Waals surface area contributed by atoms with E-state index in [1.165, 1.54) is 12.1 Å². The quantitative estimate of drug-likeness (QED) is 0.747. The maximum atomic E-state index is 4.22. The molecule has 0 aromatic carbocycles. The van der Waals surface area contributed by atoms with E-state index >= 15 is 0 Å². The average Bonchev–Trinajstić information content (AvgIpc) is 2.52. The fourth-order valence-electron chi connectivity index (χ4n) is 1.19. The van der Waals surface area contributed by atoms with Crippen LogP contribution in [-0.2, 0) is 6.54 Å². The standard InChI is InChI=1S/C10H19N3/c1-4-9(2)11-7-8-13-10(3)5-6-12-13/h5-6,9,11H,4,7-8H2,1-3H3. The fraction of sp³-hybridized carbons (Fsp3) is 0.700. The minimum absolute atomic E-state index is 0.607. The van der Waals surface area contributed by atoms with Crippen LogP contribution in [0.4, 0.5) is 0 Å². The van der Waals surface area contributed by atoms with Crippen molar-refractivity contribution in [2.24, 2.45) is 0 Å². The number of aryl methyl sites for hydroxylation is 1. The number of hydrogen-bond donors (Lipinski definition) is 1. The van der Waals surface area contributed by atoms with Crippen LogP contribution in [-0.4, -0.2) is 22.4 Å². The first-order valence-corrected chi connectivity index (χ1v) is 4.95. The minimum atomic E-state index is 0.607. The third-order valence-electron chi connectivity index (χ3n) is 2.36. The molecular weight excluding hydrogens is 162 g/mol. The van der Waals surface area contributed by atoms with Gasteiger partial charge in [-0.05, 0) is 26.3 Å². The highest BCUT2D eigenvalue weighted by atomic mass is 15.3. The van der Waals surface area contributed by atoms with E-state index in [0.29, 0.717) is 6.04 Å². The summed E-state index contributed by atoms with van der Waals surface area (Å²) >= 11 is 0. The van der Waals surface area contributed by atoms with Crippen molar-refractivity contribution in [2.45, 2.75) is 39.8 Å². The summed E-state index contributed by atoms with van der Waals surface area (Å²) < 4.78 is 2.02. The third kappa shape index (κ3) is 3.19. The zero-order valence-corrected chi connectivity index (χ0v) is 8.75. The molecule has 0 amide bonds. The first kappa shape index (κ1) is 10.3. The van der Waals surface area contributed by atoms with Crippen molar-refractivity contribution in [2.75, 3.05) is 6.54 Å². The van der Waals surface area contributed by atoms with Crippen LogP contribution in [0, 0.1) is 6.92 Å². The number of nitrogens with one attached hydrogen (secondary N) is 1. The summed E-state index contributed by atoms with van der Waals surface area (Å²) in [6, 6.07) is 2.64. The van der Waals surface area contributed by atoms with Gasteiger partial charge >= 0.3 is 0 Å². The zero-order chi connectivity index (χ0) is 9.68. The highest BCUT2D eigenvalue weighted by Crippen LogP contribution is 1.95. The van der Waals surface area contributed by atoms with Crippen LogP contribution < -0.4 is 5.32 Å². The van der Waals surface area contributed by atoms with Crippen LogP contribution >= 0.6 is 0 Å². The van der Waals surface area contributed by atoms with E-state index in [1.807, 2.05) is 16.9 Å². The first-order chi connectivity index (χ1) is 6.24. The van der Waals surface area contributed by atoms with Crippen LogP contribution in [0.25, 0.3) is 0 Å². The number of rotatable bonds is 5. The molecule has 0 saturated carbocycles. The molecular formula is C10H19N3. The van der Waals surface area contributed by atoms with Crippen molar-refractivity contribution in [1.82, 2.24) is 15.1 Å². The molecule has 1 atom stereocenters. The van der Waals surface area contributed by atoms with E-state index in [9.17, 15) is 0 Å². The van der Waals surface area contributed by atoms with Crippen molar-refractivity contribution in [3.8, 4) is 0 Å². The van der Waals surface area contributed by atoms with Crippen LogP contribution in [0.2, 0.25) is 0 Å². The molecule has 0 spiro atoms. The van der Waals surface area contributed by atoms with Crippen molar-refractivity contribution in [3.05, 3.63) is 18.0 Å². The van der Waals surface area contributed by atoms with Crippen LogP contribution in [0.5, 0.6) is 0 Å². The van der Waals surface area contributed by atoms with Crippen molar-refractivity contribution in [3.63, 3.8) is 0 Å². The largest absolute Gasteiger partial charge is 0.312 e. The molecule has 1 rings (SSSR count). The maximum absolute atomic E-state index is 4.22. The minimum Gasteiger partial charge on any atom is -0.312 e. The topological polar surface area (TPSA) is 29.9 Å². The van der Waals surface area contributed by atoms with E-state index < -0.39 is 0 Å². The van der Waals surface area contributed by atoms with Gasteiger partial charge in [-0.2, -0.15) is 5.10 Å². The number of nitrogens with zero attached hydrogens (tertiary/aromatic N) is 2. The lowest BCUT2D eigenvalue weighted by molar-refractivity contribution is 0.483. The van der Waals surface area contributed by atoms with Crippen molar-refractivity contribution >= 4 is 0 Å². The van der Waals surface area contributed by atoms with Crippen LogP contribution in [0.15, 0.2) is 12.3 Å². The van der Waals surface area contributed by atoms with Crippen LogP contribution in [0.1, 0.15) is 26.0 Å². The van der Waals surface area contributed by atoms with Gasteiger partial charge in [-0.25, -0.2) is 0 Å². The van der Waals surface area contributed by atoms with Crippen molar-refractivity contribution < 1.29 is 0 Å². The van der Waals surface area contributed by atoms with E-state index in [0.717, 1.165) is 13.1 Å². The maximum Gasteiger partial charge on any atom is 0.0537 e. The highest BCUT2D eigenvalue weighted by Gasteiger charge is 1.98. The van der Waals surface area contributed by atoms with Gasteiger partial charge in [-0.15, -0.1) is 0 Å². The summed E-state index contributed by atoms with van der Waals surface area (Å²) in [6.07, 6.45) is 3.02. The summed E-state index contributed by atoms with van der Waals surface area (Å²) in [5, 5.41) is 7.65. The molecule has 0 saturated heterocycles. The molecule has 1 aromatic heterocycles. The second-order valence-electron chi connectivity index (χ2n) is 3.46. The Morgan fingerprint density at radius 1 is 1.62 bits per heavy atom. The molecule has 1 aromatic rings. The average molecular weight is 181 g/mol. The zero-order valence-electron chi connectivity index (χ0n) is 8.75. The molecule has 0 aliphatic heterocycles. The van der Waals surface area contributed by atoms with E-state index in [4.69, 9.17) is 0 Å². The Labute approximate surface area is 80.1 Å². The molecule has 74 valence electrons. The Morgan fingerprint density at radius 2 is 2.38 bits per heavy atom. The Kier molecular flexibility index (Phi) is 3.96. The molecule has 1 unspecified atom stereocenters. The van der Waals surface area contributed by atoms with Gasteiger partial charge in [-0.1, -0.05) is 6.92 Å². The van der Waals surface area contributed by atoms with E-state index in [2.05, 4.69) is 31.2 Å². The van der Waals surface area contributed by atoms with Gasteiger partial charge in [0.15, 0.2) is 0 Å². The lowest BCUT2D eigenvalue weighted by atomic mass is 10.2. The lowest BCUT2D eigenvalue weighted by Crippen LogP contribution is -2.29. The van der Waals surface area contributed by atoms with Crippen LogP contribution in [0.3, 0.4) is 0 Å². The number of hydrogen-bond acceptors (Lipinski definition) is 2.